The van der Waals surface area contributed by atoms with Gasteiger partial charge in [-0.25, -0.2) is 0 Å². The molecule has 0 spiro atoms. The molecule has 0 radical (unpaired) electrons. The summed E-state index contributed by atoms with van der Waals surface area (Å²) in [7, 11) is 0. The van der Waals surface area contributed by atoms with Gasteiger partial charge in [0.05, 0.1) is 0 Å². The molecule has 0 aliphatic rings. The second kappa shape index (κ2) is 79.0. The van der Waals surface area contributed by atoms with E-state index in [9.17, 15) is 38.4 Å². The zero-order chi connectivity index (χ0) is 80.0. The molecule has 109 heavy (non-hydrogen) atoms. The number of ether oxygens (including phenoxy) is 8. The van der Waals surface area contributed by atoms with Gasteiger partial charge in [-0.1, -0.05) is 287 Å². The third kappa shape index (κ3) is 70.1. The molecule has 16 nitrogen and oxygen atoms in total. The van der Waals surface area contributed by atoms with Crippen LogP contribution in [0.2, 0.25) is 0 Å². The summed E-state index contributed by atoms with van der Waals surface area (Å²) in [6.45, 7) is 15.7. The van der Waals surface area contributed by atoms with Gasteiger partial charge in [0.1, 0.15) is 56.3 Å². The standard InChI is InChI=1S/C93H172O16/c1-9-17-21-25-29-37-49-65-81(106-89(98)61-13-5)69-53-41-33-45-57-73-85(94)102-77-93(78-103-86(95)74-58-46-34-42-54-70-82(107-90(99)62-14-6)66-50-38-30-26-22-18-10-2,79-104-87(96)75-59-47-35-43-55-71-83(108-91(100)63-15-7)67-51-39-31-27-23-19-11-3)80-105-88(97)76-60-48-36-44-56-72-84(109-92(101)64-16-8)68-52-40-32-28-24-20-12-4/h81-84H,9-80H2,1-8H3. The largest absolute Gasteiger partial charge is 0.465 e. The number of hydrogen-bond donors (Lipinski definition) is 0. The van der Waals surface area contributed by atoms with E-state index in [2.05, 4.69) is 27.7 Å². The van der Waals surface area contributed by atoms with Crippen molar-refractivity contribution in [2.45, 2.75) is 516 Å². The molecule has 0 amide bonds. The number of unbranched alkanes of at least 4 members (excludes halogenated alkanes) is 40. The number of rotatable bonds is 84. The predicted molar refractivity (Wildman–Crippen MR) is 445 cm³/mol. The van der Waals surface area contributed by atoms with E-state index in [1.807, 2.05) is 27.7 Å². The van der Waals surface area contributed by atoms with Crippen LogP contribution in [-0.2, 0) is 76.3 Å². The minimum Gasteiger partial charge on any atom is -0.465 e. The van der Waals surface area contributed by atoms with Crippen molar-refractivity contribution in [2.24, 2.45) is 5.41 Å². The summed E-state index contributed by atoms with van der Waals surface area (Å²) in [4.78, 5) is 105. The lowest BCUT2D eigenvalue weighted by atomic mass is 9.92. The Balaban J connectivity index is 6.35. The van der Waals surface area contributed by atoms with E-state index in [1.165, 1.54) is 128 Å². The van der Waals surface area contributed by atoms with Crippen LogP contribution in [0.1, 0.15) is 492 Å². The highest BCUT2D eigenvalue weighted by molar-refractivity contribution is 5.72. The maximum atomic E-state index is 13.8. The van der Waals surface area contributed by atoms with Gasteiger partial charge in [-0.3, -0.25) is 38.4 Å². The Morgan fingerprint density at radius 3 is 0.477 bits per heavy atom. The van der Waals surface area contributed by atoms with Gasteiger partial charge in [-0.15, -0.1) is 0 Å². The van der Waals surface area contributed by atoms with Crippen molar-refractivity contribution in [2.75, 3.05) is 26.4 Å². The topological polar surface area (TPSA) is 210 Å². The Morgan fingerprint density at radius 2 is 0.321 bits per heavy atom. The molecule has 0 bridgehead atoms. The zero-order valence-electron chi connectivity index (χ0n) is 72.3. The molecule has 640 valence electrons. The van der Waals surface area contributed by atoms with Gasteiger partial charge in [-0.05, 0) is 154 Å². The van der Waals surface area contributed by atoms with Gasteiger partial charge in [0.15, 0.2) is 0 Å². The summed E-state index contributed by atoms with van der Waals surface area (Å²) in [5.74, 6) is -2.24. The quantitative estimate of drug-likeness (QED) is 0.0315. The Bertz CT molecular complexity index is 1840. The molecule has 0 aromatic heterocycles. The fraction of sp³-hybridized carbons (Fsp3) is 0.914. The third-order valence-electron chi connectivity index (χ3n) is 21.3. The van der Waals surface area contributed by atoms with Crippen LogP contribution in [0.25, 0.3) is 0 Å². The van der Waals surface area contributed by atoms with E-state index < -0.39 is 29.3 Å². The predicted octanol–water partition coefficient (Wildman–Crippen LogP) is 26.5. The first-order chi connectivity index (χ1) is 53.1. The highest BCUT2D eigenvalue weighted by atomic mass is 16.6. The summed E-state index contributed by atoms with van der Waals surface area (Å²) < 4.78 is 47.9. The average molecular weight is 1550 g/mol. The molecule has 4 unspecified atom stereocenters. The van der Waals surface area contributed by atoms with Crippen molar-refractivity contribution in [1.82, 2.24) is 0 Å². The SMILES string of the molecule is CCCCCCCCCC(CCCCCCCC(=O)OCC(COC(=O)CCCCCCCC(CCCCCCCCC)OC(=O)CCC)(COC(=O)CCCCCCCC(CCCCCCCCC)OC(=O)CCC)COC(=O)CCCCCCCC(CCCCCCCCC)OC(=O)CCC)OC(=O)CCC. The Morgan fingerprint density at radius 1 is 0.174 bits per heavy atom. The lowest BCUT2D eigenvalue weighted by molar-refractivity contribution is -0.171. The van der Waals surface area contributed by atoms with Gasteiger partial charge in [-0.2, -0.15) is 0 Å². The average Bonchev–Trinajstić information content (AvgIpc) is 0.850. The first-order valence-corrected chi connectivity index (χ1v) is 46.5. The Labute approximate surface area is 669 Å². The highest BCUT2D eigenvalue weighted by Gasteiger charge is 2.38. The van der Waals surface area contributed by atoms with E-state index in [4.69, 9.17) is 37.9 Å². The summed E-state index contributed by atoms with van der Waals surface area (Å²) in [6, 6.07) is 0. The molecule has 0 aromatic rings. The molecule has 0 aliphatic heterocycles. The van der Waals surface area contributed by atoms with Crippen LogP contribution in [0.5, 0.6) is 0 Å². The fourth-order valence-corrected chi connectivity index (χ4v) is 14.3. The van der Waals surface area contributed by atoms with Crippen LogP contribution in [0.15, 0.2) is 0 Å². The van der Waals surface area contributed by atoms with E-state index in [1.54, 1.807) is 0 Å². The summed E-state index contributed by atoms with van der Waals surface area (Å²) >= 11 is 0. The van der Waals surface area contributed by atoms with Crippen LogP contribution in [0.3, 0.4) is 0 Å². The molecule has 0 N–H and O–H groups in total. The van der Waals surface area contributed by atoms with E-state index in [0.717, 1.165) is 231 Å². The van der Waals surface area contributed by atoms with Crippen LogP contribution in [-0.4, -0.2) is 98.6 Å². The Hall–Kier alpha value is -4.24. The molecule has 0 saturated carbocycles. The van der Waals surface area contributed by atoms with Crippen molar-refractivity contribution in [1.29, 1.82) is 0 Å². The van der Waals surface area contributed by atoms with Gasteiger partial charge in [0.25, 0.3) is 0 Å². The van der Waals surface area contributed by atoms with Gasteiger partial charge < -0.3 is 37.9 Å². The molecule has 0 aromatic carbocycles. The second-order valence-corrected chi connectivity index (χ2v) is 32.5. The fourth-order valence-electron chi connectivity index (χ4n) is 14.3. The molecule has 16 heteroatoms. The van der Waals surface area contributed by atoms with Crippen LogP contribution in [0, 0.1) is 5.41 Å². The minimum atomic E-state index is -1.38. The number of carbonyl (C=O) groups excluding carboxylic acids is 8. The van der Waals surface area contributed by atoms with Gasteiger partial charge in [0, 0.05) is 51.4 Å². The molecule has 0 aliphatic carbocycles. The smallest absolute Gasteiger partial charge is 0.306 e. The van der Waals surface area contributed by atoms with E-state index >= 15 is 0 Å². The van der Waals surface area contributed by atoms with Crippen molar-refractivity contribution >= 4 is 47.8 Å². The lowest BCUT2D eigenvalue weighted by Crippen LogP contribution is -2.44. The van der Waals surface area contributed by atoms with Crippen molar-refractivity contribution in [3.63, 3.8) is 0 Å². The summed E-state index contributed by atoms with van der Waals surface area (Å²) in [5.41, 5.74) is -1.38. The van der Waals surface area contributed by atoms with Crippen molar-refractivity contribution in [3.8, 4) is 0 Å². The van der Waals surface area contributed by atoms with Crippen LogP contribution >= 0.6 is 0 Å². The van der Waals surface area contributed by atoms with Crippen molar-refractivity contribution in [3.05, 3.63) is 0 Å². The molecule has 4 atom stereocenters. The van der Waals surface area contributed by atoms with Crippen LogP contribution in [0.4, 0.5) is 0 Å². The van der Waals surface area contributed by atoms with Gasteiger partial charge >= 0.3 is 47.8 Å². The first-order valence-electron chi connectivity index (χ1n) is 46.5. The third-order valence-corrected chi connectivity index (χ3v) is 21.3. The molecule has 0 heterocycles. The number of hydrogen-bond acceptors (Lipinski definition) is 16. The number of carbonyl (C=O) groups is 8. The molecular formula is C93H172O16. The van der Waals surface area contributed by atoms with Crippen molar-refractivity contribution < 1.29 is 76.3 Å². The van der Waals surface area contributed by atoms with E-state index in [-0.39, 0.29) is 100 Å². The molecule has 0 rings (SSSR count). The highest BCUT2D eigenvalue weighted by Crippen LogP contribution is 2.27. The number of esters is 8. The normalized spacial score (nSPS) is 13.1. The molecule has 0 saturated heterocycles. The van der Waals surface area contributed by atoms with E-state index in [0.29, 0.717) is 51.4 Å². The Kier molecular flexibility index (Phi) is 75.9. The monoisotopic (exact) mass is 1550 g/mol. The van der Waals surface area contributed by atoms with Gasteiger partial charge in [0.2, 0.25) is 0 Å². The molecule has 0 fully saturated rings. The maximum Gasteiger partial charge on any atom is 0.306 e. The molecular weight excluding hydrogens is 1370 g/mol. The zero-order valence-corrected chi connectivity index (χ0v) is 72.3. The lowest BCUT2D eigenvalue weighted by Gasteiger charge is -2.31. The first kappa shape index (κ1) is 105. The maximum absolute atomic E-state index is 13.8. The second-order valence-electron chi connectivity index (χ2n) is 32.5. The summed E-state index contributed by atoms with van der Waals surface area (Å²) in [6.07, 6.45) is 62.7. The summed E-state index contributed by atoms with van der Waals surface area (Å²) in [5, 5.41) is 0. The van der Waals surface area contributed by atoms with Crippen LogP contribution < -0.4 is 0 Å². The minimum absolute atomic E-state index is 0.0693.